The Bertz CT molecular complexity index is 549. The van der Waals surface area contributed by atoms with Crippen LogP contribution in [0.2, 0.25) is 10.0 Å². The van der Waals surface area contributed by atoms with Gasteiger partial charge in [0.25, 0.3) is 0 Å². The molecule has 2 rings (SSSR count). The molecule has 1 atom stereocenters. The number of amides is 2. The molecule has 1 aromatic carbocycles. The molecule has 0 radical (unpaired) electrons. The van der Waals surface area contributed by atoms with Crippen LogP contribution in [0.1, 0.15) is 32.3 Å². The number of hydrogen-bond donors (Lipinski definition) is 2. The number of aliphatic hydroxyl groups is 1. The molecule has 2 amide bonds. The highest BCUT2D eigenvalue weighted by Crippen LogP contribution is 2.29. The van der Waals surface area contributed by atoms with Crippen molar-refractivity contribution < 1.29 is 9.90 Å². The van der Waals surface area contributed by atoms with Gasteiger partial charge in [-0.2, -0.15) is 0 Å². The zero-order valence-corrected chi connectivity index (χ0v) is 14.4. The maximum absolute atomic E-state index is 12.3. The summed E-state index contributed by atoms with van der Waals surface area (Å²) in [4.78, 5) is 14.0. The first-order valence-electron chi connectivity index (χ1n) is 7.46. The van der Waals surface area contributed by atoms with Crippen LogP contribution in [0.5, 0.6) is 0 Å². The zero-order chi connectivity index (χ0) is 16.3. The molecule has 0 aromatic heterocycles. The lowest BCUT2D eigenvalue weighted by atomic mass is 9.84. The van der Waals surface area contributed by atoms with Crippen molar-refractivity contribution in [3.63, 3.8) is 0 Å². The van der Waals surface area contributed by atoms with E-state index in [9.17, 15) is 9.90 Å². The molecule has 0 aliphatic carbocycles. The minimum atomic E-state index is -0.266. The zero-order valence-electron chi connectivity index (χ0n) is 12.9. The monoisotopic (exact) mass is 344 g/mol. The lowest BCUT2D eigenvalue weighted by Gasteiger charge is -2.29. The molecule has 4 nitrogen and oxygen atoms in total. The lowest BCUT2D eigenvalue weighted by molar-refractivity contribution is 0.156. The summed E-state index contributed by atoms with van der Waals surface area (Å²) in [6.07, 6.45) is 1.80. The summed E-state index contributed by atoms with van der Waals surface area (Å²) in [5.41, 5.74) is 0.750. The molecule has 1 fully saturated rings. The molecule has 0 unspecified atom stereocenters. The summed E-state index contributed by atoms with van der Waals surface area (Å²) >= 11 is 12.0. The van der Waals surface area contributed by atoms with Crippen LogP contribution in [0.4, 0.5) is 4.79 Å². The Morgan fingerprint density at radius 1 is 1.41 bits per heavy atom. The Morgan fingerprint density at radius 2 is 2.14 bits per heavy atom. The highest BCUT2D eigenvalue weighted by molar-refractivity contribution is 6.42. The maximum Gasteiger partial charge on any atom is 0.317 e. The van der Waals surface area contributed by atoms with Gasteiger partial charge >= 0.3 is 6.03 Å². The van der Waals surface area contributed by atoms with Crippen LogP contribution >= 0.6 is 23.2 Å². The van der Waals surface area contributed by atoms with Crippen LogP contribution in [-0.2, 0) is 5.41 Å². The van der Waals surface area contributed by atoms with Gasteiger partial charge in [0.05, 0.1) is 22.7 Å². The number of benzene rings is 1. The topological polar surface area (TPSA) is 52.6 Å². The standard InChI is InChI=1S/C16H22Cl2N2O2/c1-16(2,11-5-6-13(17)14(18)8-11)10-19-15(22)20-7-3-4-12(20)9-21/h5-6,8,12,21H,3-4,7,9-10H2,1-2H3,(H,19,22)/t12-/m1/s1. The van der Waals surface area contributed by atoms with E-state index in [0.717, 1.165) is 18.4 Å². The van der Waals surface area contributed by atoms with Gasteiger partial charge in [-0.05, 0) is 30.5 Å². The Kier molecular flexibility index (Phi) is 5.59. The van der Waals surface area contributed by atoms with E-state index < -0.39 is 0 Å². The molecule has 0 bridgehead atoms. The molecule has 2 N–H and O–H groups in total. The van der Waals surface area contributed by atoms with Gasteiger partial charge in [-0.15, -0.1) is 0 Å². The van der Waals surface area contributed by atoms with Crippen molar-refractivity contribution in [3.8, 4) is 0 Å². The highest BCUT2D eigenvalue weighted by atomic mass is 35.5. The number of likely N-dealkylation sites (tertiary alicyclic amines) is 1. The van der Waals surface area contributed by atoms with E-state index in [1.807, 2.05) is 26.0 Å². The Morgan fingerprint density at radius 3 is 2.77 bits per heavy atom. The van der Waals surface area contributed by atoms with Crippen LogP contribution in [0.25, 0.3) is 0 Å². The molecule has 122 valence electrons. The van der Waals surface area contributed by atoms with E-state index in [-0.39, 0.29) is 24.1 Å². The van der Waals surface area contributed by atoms with Gasteiger partial charge < -0.3 is 15.3 Å². The molecule has 1 aromatic rings. The second-order valence-electron chi connectivity index (χ2n) is 6.34. The number of carbonyl (C=O) groups excluding carboxylic acids is 1. The molecule has 0 saturated carbocycles. The number of nitrogens with zero attached hydrogens (tertiary/aromatic N) is 1. The number of aliphatic hydroxyl groups excluding tert-OH is 1. The first-order valence-corrected chi connectivity index (χ1v) is 8.21. The van der Waals surface area contributed by atoms with Gasteiger partial charge in [0, 0.05) is 18.5 Å². The van der Waals surface area contributed by atoms with Crippen LogP contribution in [0.15, 0.2) is 18.2 Å². The first-order chi connectivity index (χ1) is 10.3. The third kappa shape index (κ3) is 3.86. The highest BCUT2D eigenvalue weighted by Gasteiger charge is 2.29. The summed E-state index contributed by atoms with van der Waals surface area (Å²) in [7, 11) is 0. The number of halogens is 2. The fourth-order valence-corrected chi connectivity index (χ4v) is 3.01. The molecule has 1 heterocycles. The summed E-state index contributed by atoms with van der Waals surface area (Å²) in [5, 5.41) is 13.3. The summed E-state index contributed by atoms with van der Waals surface area (Å²) in [6, 6.07) is 5.35. The van der Waals surface area contributed by atoms with E-state index in [2.05, 4.69) is 5.32 Å². The van der Waals surface area contributed by atoms with E-state index in [0.29, 0.717) is 23.1 Å². The maximum atomic E-state index is 12.3. The van der Waals surface area contributed by atoms with Gasteiger partial charge in [-0.3, -0.25) is 0 Å². The van der Waals surface area contributed by atoms with E-state index >= 15 is 0 Å². The molecule has 1 aliphatic heterocycles. The summed E-state index contributed by atoms with van der Waals surface area (Å²) in [5.74, 6) is 0. The Hall–Kier alpha value is -0.970. The number of carbonyl (C=O) groups is 1. The van der Waals surface area contributed by atoms with Gasteiger partial charge in [0.15, 0.2) is 0 Å². The quantitative estimate of drug-likeness (QED) is 0.878. The number of urea groups is 1. The molecule has 1 aliphatic rings. The molecular weight excluding hydrogens is 323 g/mol. The average molecular weight is 345 g/mol. The third-order valence-corrected chi connectivity index (χ3v) is 4.97. The minimum Gasteiger partial charge on any atom is -0.394 e. The van der Waals surface area contributed by atoms with E-state index in [4.69, 9.17) is 23.2 Å². The fourth-order valence-electron chi connectivity index (χ4n) is 2.71. The number of rotatable bonds is 4. The van der Waals surface area contributed by atoms with E-state index in [1.165, 1.54) is 0 Å². The van der Waals surface area contributed by atoms with Gasteiger partial charge in [-0.1, -0.05) is 43.1 Å². The number of hydrogen-bond acceptors (Lipinski definition) is 2. The van der Waals surface area contributed by atoms with Crippen molar-refractivity contribution in [1.29, 1.82) is 0 Å². The van der Waals surface area contributed by atoms with Crippen molar-refractivity contribution >= 4 is 29.2 Å². The lowest BCUT2D eigenvalue weighted by Crippen LogP contribution is -2.47. The largest absolute Gasteiger partial charge is 0.394 e. The summed E-state index contributed by atoms with van der Waals surface area (Å²) < 4.78 is 0. The normalized spacial score (nSPS) is 18.6. The van der Waals surface area contributed by atoms with Crippen LogP contribution in [0.3, 0.4) is 0 Å². The minimum absolute atomic E-state index is 0.0175. The molecule has 1 saturated heterocycles. The Balaban J connectivity index is 1.99. The SMILES string of the molecule is CC(C)(CNC(=O)N1CCC[C@@H]1CO)c1ccc(Cl)c(Cl)c1. The fraction of sp³-hybridized carbons (Fsp3) is 0.562. The predicted molar refractivity (Wildman–Crippen MR) is 89.7 cm³/mol. The first kappa shape index (κ1) is 17.4. The van der Waals surface area contributed by atoms with Crippen molar-refractivity contribution in [2.45, 2.75) is 38.1 Å². The van der Waals surface area contributed by atoms with Gasteiger partial charge in [-0.25, -0.2) is 4.79 Å². The van der Waals surface area contributed by atoms with E-state index in [1.54, 1.807) is 11.0 Å². The van der Waals surface area contributed by atoms with Crippen molar-refractivity contribution in [1.82, 2.24) is 10.2 Å². The second kappa shape index (κ2) is 7.07. The molecular formula is C16H22Cl2N2O2. The smallest absolute Gasteiger partial charge is 0.317 e. The predicted octanol–water partition coefficient (Wildman–Crippen LogP) is 3.44. The summed E-state index contributed by atoms with van der Waals surface area (Å²) in [6.45, 7) is 5.28. The molecule has 6 heteroatoms. The second-order valence-corrected chi connectivity index (χ2v) is 7.16. The van der Waals surface area contributed by atoms with Gasteiger partial charge in [0.2, 0.25) is 0 Å². The number of nitrogens with one attached hydrogen (secondary N) is 1. The van der Waals surface area contributed by atoms with Crippen LogP contribution < -0.4 is 5.32 Å². The van der Waals surface area contributed by atoms with Gasteiger partial charge in [0.1, 0.15) is 0 Å². The molecule has 0 spiro atoms. The van der Waals surface area contributed by atoms with Crippen LogP contribution in [0, 0.1) is 0 Å². The van der Waals surface area contributed by atoms with Crippen molar-refractivity contribution in [3.05, 3.63) is 33.8 Å². The van der Waals surface area contributed by atoms with Crippen molar-refractivity contribution in [2.75, 3.05) is 19.7 Å². The van der Waals surface area contributed by atoms with Crippen LogP contribution in [-0.4, -0.2) is 41.8 Å². The third-order valence-electron chi connectivity index (χ3n) is 4.23. The van der Waals surface area contributed by atoms with Crippen molar-refractivity contribution in [2.24, 2.45) is 0 Å². The average Bonchev–Trinajstić information content (AvgIpc) is 2.96. The molecule has 22 heavy (non-hydrogen) atoms. The Labute approximate surface area is 141 Å².